The molecule has 0 unspecified atom stereocenters. The van der Waals surface area contributed by atoms with Gasteiger partial charge in [0.15, 0.2) is 23.9 Å². The van der Waals surface area contributed by atoms with Crippen LogP contribution in [0.25, 0.3) is 5.69 Å². The Morgan fingerprint density at radius 1 is 0.933 bits per heavy atom. The van der Waals surface area contributed by atoms with Crippen LogP contribution in [0.1, 0.15) is 33.3 Å². The highest BCUT2D eigenvalue weighted by molar-refractivity contribution is 9.10. The van der Waals surface area contributed by atoms with Crippen molar-refractivity contribution in [2.24, 2.45) is 5.10 Å². The lowest BCUT2D eigenvalue weighted by atomic mass is 10.2. The molecular formula is C34H31BrN4O6. The number of hydrogen-bond donors (Lipinski definition) is 2. The number of hydrogen-bond acceptors (Lipinski definition) is 7. The molecule has 0 spiro atoms. The predicted octanol–water partition coefficient (Wildman–Crippen LogP) is 6.82. The lowest BCUT2D eigenvalue weighted by molar-refractivity contribution is -0.118. The molecule has 0 radical (unpaired) electrons. The molecule has 230 valence electrons. The molecule has 0 saturated heterocycles. The molecule has 10 nitrogen and oxygen atoms in total. The highest BCUT2D eigenvalue weighted by Gasteiger charge is 2.15. The van der Waals surface area contributed by atoms with Crippen LogP contribution in [0.2, 0.25) is 0 Å². The summed E-state index contributed by atoms with van der Waals surface area (Å²) >= 11 is 3.43. The maximum absolute atomic E-state index is 12.7. The van der Waals surface area contributed by atoms with E-state index in [1.54, 1.807) is 36.4 Å². The third-order valence-electron chi connectivity index (χ3n) is 6.68. The van der Waals surface area contributed by atoms with E-state index in [1.807, 2.05) is 42.5 Å². The second kappa shape index (κ2) is 14.5. The number of para-hydroxylation sites is 1. The first-order valence-corrected chi connectivity index (χ1v) is 14.8. The van der Waals surface area contributed by atoms with Crippen molar-refractivity contribution in [1.29, 1.82) is 0 Å². The number of hydrazone groups is 1. The number of ether oxygens (including phenoxy) is 3. The number of amides is 2. The van der Waals surface area contributed by atoms with E-state index in [-0.39, 0.29) is 30.6 Å². The summed E-state index contributed by atoms with van der Waals surface area (Å²) in [6, 6.07) is 27.6. The van der Waals surface area contributed by atoms with Crippen molar-refractivity contribution in [3.63, 3.8) is 0 Å². The molecule has 5 rings (SSSR count). The number of carbonyl (C=O) groups is 2. The number of nitrogens with one attached hydrogen (secondary N) is 2. The van der Waals surface area contributed by atoms with Crippen LogP contribution in [0, 0.1) is 13.8 Å². The van der Waals surface area contributed by atoms with Crippen molar-refractivity contribution < 1.29 is 28.2 Å². The summed E-state index contributed by atoms with van der Waals surface area (Å²) in [4.78, 5) is 25.1. The molecule has 2 amide bonds. The molecule has 0 aliphatic carbocycles. The largest absolute Gasteiger partial charge is 0.493 e. The molecule has 0 fully saturated rings. The van der Waals surface area contributed by atoms with Gasteiger partial charge < -0.3 is 28.5 Å². The molecule has 0 saturated carbocycles. The summed E-state index contributed by atoms with van der Waals surface area (Å²) in [5.41, 5.74) is 6.92. The summed E-state index contributed by atoms with van der Waals surface area (Å²) in [6.45, 7) is 4.00. The van der Waals surface area contributed by atoms with E-state index in [2.05, 4.69) is 62.3 Å². The van der Waals surface area contributed by atoms with Crippen LogP contribution in [0.5, 0.6) is 17.2 Å². The predicted molar refractivity (Wildman–Crippen MR) is 175 cm³/mol. The lowest BCUT2D eigenvalue weighted by Crippen LogP contribution is -2.21. The van der Waals surface area contributed by atoms with Crippen LogP contribution in [-0.2, 0) is 11.4 Å². The molecule has 11 heteroatoms. The van der Waals surface area contributed by atoms with Crippen molar-refractivity contribution in [2.75, 3.05) is 19.0 Å². The third kappa shape index (κ3) is 8.01. The van der Waals surface area contributed by atoms with Crippen molar-refractivity contribution in [2.45, 2.75) is 20.5 Å². The van der Waals surface area contributed by atoms with Gasteiger partial charge in [0.05, 0.1) is 13.3 Å². The Hall–Kier alpha value is -5.29. The third-order valence-corrected chi connectivity index (χ3v) is 7.13. The average molecular weight is 672 g/mol. The highest BCUT2D eigenvalue weighted by atomic mass is 79.9. The summed E-state index contributed by atoms with van der Waals surface area (Å²) in [6.07, 6.45) is 1.39. The Bertz CT molecular complexity index is 1790. The van der Waals surface area contributed by atoms with Crippen molar-refractivity contribution >= 4 is 39.6 Å². The number of aryl methyl sites for hydroxylation is 2. The van der Waals surface area contributed by atoms with Gasteiger partial charge in [-0.15, -0.1) is 0 Å². The van der Waals surface area contributed by atoms with Gasteiger partial charge in [0.1, 0.15) is 18.1 Å². The van der Waals surface area contributed by atoms with Crippen molar-refractivity contribution in [3.8, 4) is 22.9 Å². The van der Waals surface area contributed by atoms with Gasteiger partial charge in [-0.3, -0.25) is 9.59 Å². The normalized spacial score (nSPS) is 10.9. The molecular weight excluding hydrogens is 640 g/mol. The van der Waals surface area contributed by atoms with Gasteiger partial charge in [0, 0.05) is 32.8 Å². The minimum atomic E-state index is -0.550. The Labute approximate surface area is 268 Å². The first-order chi connectivity index (χ1) is 21.8. The molecule has 2 aromatic heterocycles. The summed E-state index contributed by atoms with van der Waals surface area (Å²) in [5, 5.41) is 6.82. The SMILES string of the molecule is COc1cc(Br)cc(C=NNC(=O)c2ccc(COc3ccc(-n4c(C)ccc4C)cc3)o2)c1OCC(=O)Nc1ccccc1. The molecule has 2 heterocycles. The van der Waals surface area contributed by atoms with Crippen molar-refractivity contribution in [1.82, 2.24) is 9.99 Å². The molecule has 45 heavy (non-hydrogen) atoms. The topological polar surface area (TPSA) is 116 Å². The molecule has 0 atom stereocenters. The van der Waals surface area contributed by atoms with Crippen LogP contribution in [0.15, 0.2) is 105 Å². The fourth-order valence-electron chi connectivity index (χ4n) is 4.56. The van der Waals surface area contributed by atoms with E-state index >= 15 is 0 Å². The van der Waals surface area contributed by atoms with Crippen LogP contribution in [-0.4, -0.2) is 36.3 Å². The van der Waals surface area contributed by atoms with Crippen LogP contribution in [0.4, 0.5) is 5.69 Å². The van der Waals surface area contributed by atoms with Gasteiger partial charge in [-0.05, 0) is 86.6 Å². The molecule has 3 aromatic carbocycles. The minimum Gasteiger partial charge on any atom is -0.493 e. The zero-order chi connectivity index (χ0) is 31.8. The Balaban J connectivity index is 1.17. The molecule has 5 aromatic rings. The highest BCUT2D eigenvalue weighted by Crippen LogP contribution is 2.34. The van der Waals surface area contributed by atoms with Crippen LogP contribution < -0.4 is 25.0 Å². The number of halogens is 1. The Kier molecular flexibility index (Phi) is 10.0. The maximum Gasteiger partial charge on any atom is 0.307 e. The van der Waals surface area contributed by atoms with Crippen molar-refractivity contribution in [3.05, 3.63) is 124 Å². The maximum atomic E-state index is 12.7. The quantitative estimate of drug-likeness (QED) is 0.111. The summed E-state index contributed by atoms with van der Waals surface area (Å²) in [5.74, 6) is 0.987. The van der Waals surface area contributed by atoms with Crippen LogP contribution >= 0.6 is 15.9 Å². The zero-order valence-corrected chi connectivity index (χ0v) is 26.5. The smallest absolute Gasteiger partial charge is 0.307 e. The van der Waals surface area contributed by atoms with Gasteiger partial charge in [-0.1, -0.05) is 34.1 Å². The van der Waals surface area contributed by atoms with E-state index in [0.717, 1.165) is 17.1 Å². The molecule has 0 aliphatic heterocycles. The van der Waals surface area contributed by atoms with E-state index < -0.39 is 5.91 Å². The van der Waals surface area contributed by atoms with Gasteiger partial charge in [0.25, 0.3) is 5.91 Å². The minimum absolute atomic E-state index is 0.0699. The number of furan rings is 1. The fraction of sp³-hybridized carbons (Fsp3) is 0.147. The Morgan fingerprint density at radius 2 is 1.67 bits per heavy atom. The lowest BCUT2D eigenvalue weighted by Gasteiger charge is -2.14. The molecule has 0 aliphatic rings. The molecule has 0 bridgehead atoms. The van der Waals surface area contributed by atoms with E-state index in [4.69, 9.17) is 18.6 Å². The standard InChI is InChI=1S/C34H31BrN4O6/c1-22-9-10-23(2)39(22)27-11-13-28(14-12-27)43-20-29-15-16-30(45-29)34(41)38-36-19-24-17-25(35)18-31(42-3)33(24)44-21-32(40)37-26-7-5-4-6-8-26/h4-19H,20-21H2,1-3H3,(H,37,40)(H,38,41). The number of methoxy groups -OCH3 is 1. The average Bonchev–Trinajstić information content (AvgIpc) is 3.65. The van der Waals surface area contributed by atoms with Gasteiger partial charge >= 0.3 is 5.91 Å². The van der Waals surface area contributed by atoms with Gasteiger partial charge in [-0.25, -0.2) is 5.43 Å². The first-order valence-electron chi connectivity index (χ1n) is 14.0. The van der Waals surface area contributed by atoms with Crippen LogP contribution in [0.3, 0.4) is 0 Å². The van der Waals surface area contributed by atoms with E-state index in [1.165, 1.54) is 13.3 Å². The van der Waals surface area contributed by atoms with E-state index in [9.17, 15) is 9.59 Å². The fourth-order valence-corrected chi connectivity index (χ4v) is 5.02. The first kappa shape index (κ1) is 31.1. The number of benzene rings is 3. The van der Waals surface area contributed by atoms with Gasteiger partial charge in [0.2, 0.25) is 0 Å². The second-order valence-electron chi connectivity index (χ2n) is 9.93. The second-order valence-corrected chi connectivity index (χ2v) is 10.8. The van der Waals surface area contributed by atoms with Gasteiger partial charge in [-0.2, -0.15) is 5.10 Å². The molecule has 2 N–H and O–H groups in total. The number of aromatic nitrogens is 1. The van der Waals surface area contributed by atoms with E-state index in [0.29, 0.717) is 33.0 Å². The zero-order valence-electron chi connectivity index (χ0n) is 24.9. The summed E-state index contributed by atoms with van der Waals surface area (Å²) in [7, 11) is 1.49. The Morgan fingerprint density at radius 3 is 2.38 bits per heavy atom. The monoisotopic (exact) mass is 670 g/mol. The number of nitrogens with zero attached hydrogens (tertiary/aromatic N) is 2. The number of anilines is 1. The number of carbonyl (C=O) groups excluding carboxylic acids is 2. The summed E-state index contributed by atoms with van der Waals surface area (Å²) < 4.78 is 25.6. The number of rotatable bonds is 12.